The molecule has 0 bridgehead atoms. The van der Waals surface area contributed by atoms with E-state index in [1.807, 2.05) is 0 Å². The Morgan fingerprint density at radius 3 is 2.67 bits per heavy atom. The average molecular weight is 249 g/mol. The number of rotatable bonds is 3. The van der Waals surface area contributed by atoms with Gasteiger partial charge in [-0.25, -0.2) is 14.0 Å². The lowest BCUT2D eigenvalue weighted by molar-refractivity contribution is 0.0599. The number of carbonyl (C=O) groups excluding carboxylic acids is 2. The summed E-state index contributed by atoms with van der Waals surface area (Å²) in [5, 5.41) is 0. The molecule has 0 N–H and O–H groups in total. The maximum absolute atomic E-state index is 13.9. The number of hydrogen-bond donors (Lipinski definition) is 0. The third-order valence-electron chi connectivity index (χ3n) is 3.20. The van der Waals surface area contributed by atoms with Crippen molar-refractivity contribution in [3.05, 3.63) is 34.6 Å². The van der Waals surface area contributed by atoms with Crippen molar-refractivity contribution in [2.24, 2.45) is 4.99 Å². The predicted molar refractivity (Wildman–Crippen MR) is 61.5 cm³/mol. The van der Waals surface area contributed by atoms with E-state index in [9.17, 15) is 14.0 Å². The Morgan fingerprint density at radius 2 is 2.17 bits per heavy atom. The van der Waals surface area contributed by atoms with E-state index in [2.05, 4.69) is 9.73 Å². The second-order valence-corrected chi connectivity index (χ2v) is 4.37. The Hall–Kier alpha value is -2.00. The van der Waals surface area contributed by atoms with Crippen LogP contribution in [-0.2, 0) is 15.1 Å². The molecular formula is C13H12FNO3. The maximum Gasteiger partial charge on any atom is 0.338 e. The van der Waals surface area contributed by atoms with E-state index in [1.165, 1.54) is 25.3 Å². The van der Waals surface area contributed by atoms with Crippen molar-refractivity contribution in [2.75, 3.05) is 7.11 Å². The summed E-state index contributed by atoms with van der Waals surface area (Å²) in [6.45, 7) is 1.63. The van der Waals surface area contributed by atoms with Crippen LogP contribution < -0.4 is 0 Å². The minimum absolute atomic E-state index is 0.261. The number of esters is 1. The smallest absolute Gasteiger partial charge is 0.338 e. The number of halogens is 1. The molecule has 1 fully saturated rings. The normalized spacial score (nSPS) is 15.7. The van der Waals surface area contributed by atoms with Gasteiger partial charge in [0.15, 0.2) is 0 Å². The molecule has 1 aromatic carbocycles. The maximum atomic E-state index is 13.9. The van der Waals surface area contributed by atoms with E-state index in [0.29, 0.717) is 24.0 Å². The van der Waals surface area contributed by atoms with Crippen LogP contribution in [0.2, 0.25) is 0 Å². The van der Waals surface area contributed by atoms with Crippen LogP contribution in [0.3, 0.4) is 0 Å². The van der Waals surface area contributed by atoms with Gasteiger partial charge in [-0.05, 0) is 37.5 Å². The van der Waals surface area contributed by atoms with Crippen molar-refractivity contribution < 1.29 is 18.7 Å². The summed E-state index contributed by atoms with van der Waals surface area (Å²) in [5.41, 5.74) is 0.217. The van der Waals surface area contributed by atoms with E-state index in [-0.39, 0.29) is 5.56 Å². The zero-order valence-corrected chi connectivity index (χ0v) is 10.1. The van der Waals surface area contributed by atoms with Gasteiger partial charge < -0.3 is 4.74 Å². The van der Waals surface area contributed by atoms with Gasteiger partial charge in [0.05, 0.1) is 12.7 Å². The van der Waals surface area contributed by atoms with Crippen LogP contribution in [0.1, 0.15) is 34.3 Å². The number of benzene rings is 1. The van der Waals surface area contributed by atoms with Gasteiger partial charge in [-0.1, -0.05) is 0 Å². The molecule has 0 aliphatic heterocycles. The summed E-state index contributed by atoms with van der Waals surface area (Å²) < 4.78 is 18.6. The van der Waals surface area contributed by atoms with Crippen molar-refractivity contribution in [1.29, 1.82) is 0 Å². The van der Waals surface area contributed by atoms with Crippen LogP contribution in [0.25, 0.3) is 0 Å². The molecule has 1 aliphatic carbocycles. The molecule has 1 aromatic rings. The minimum atomic E-state index is -0.831. The fourth-order valence-corrected chi connectivity index (χ4v) is 2.01. The Bertz CT molecular complexity index is 558. The summed E-state index contributed by atoms with van der Waals surface area (Å²) in [7, 11) is 1.27. The third kappa shape index (κ3) is 1.93. The van der Waals surface area contributed by atoms with Crippen LogP contribution >= 0.6 is 0 Å². The summed E-state index contributed by atoms with van der Waals surface area (Å²) in [4.78, 5) is 25.6. The van der Waals surface area contributed by atoms with E-state index >= 15 is 0 Å². The van der Waals surface area contributed by atoms with Gasteiger partial charge in [-0.3, -0.25) is 0 Å². The molecule has 0 saturated heterocycles. The van der Waals surface area contributed by atoms with Crippen molar-refractivity contribution in [1.82, 2.24) is 0 Å². The largest absolute Gasteiger partial charge is 0.465 e. The van der Waals surface area contributed by atoms with Gasteiger partial charge >= 0.3 is 5.97 Å². The summed E-state index contributed by atoms with van der Waals surface area (Å²) in [6, 6.07) is 2.69. The molecule has 0 atom stereocenters. The minimum Gasteiger partial charge on any atom is -0.465 e. The molecule has 0 spiro atoms. The van der Waals surface area contributed by atoms with Crippen molar-refractivity contribution in [3.8, 4) is 0 Å². The van der Waals surface area contributed by atoms with Gasteiger partial charge in [0.25, 0.3) is 0 Å². The Kier molecular flexibility index (Phi) is 3.01. The van der Waals surface area contributed by atoms with Gasteiger partial charge in [0.1, 0.15) is 11.4 Å². The van der Waals surface area contributed by atoms with Gasteiger partial charge in [-0.2, -0.15) is 4.99 Å². The lowest BCUT2D eigenvalue weighted by Gasteiger charge is -2.13. The second kappa shape index (κ2) is 4.35. The standard InChI is InChI=1S/C13H12FNO3/c1-8-5-11(14)10(6-9(8)12(17)18-2)13(3-4-13)15-7-16/h5-6H,3-4H2,1-2H3. The third-order valence-corrected chi connectivity index (χ3v) is 3.20. The molecule has 0 unspecified atom stereocenters. The van der Waals surface area contributed by atoms with E-state index in [4.69, 9.17) is 0 Å². The number of ether oxygens (including phenoxy) is 1. The summed E-state index contributed by atoms with van der Waals surface area (Å²) in [6.07, 6.45) is 2.64. The summed E-state index contributed by atoms with van der Waals surface area (Å²) in [5.74, 6) is -0.990. The number of nitrogens with zero attached hydrogens (tertiary/aromatic N) is 1. The number of isocyanates is 1. The molecule has 1 aliphatic rings. The molecule has 4 nitrogen and oxygen atoms in total. The van der Waals surface area contributed by atoms with E-state index in [1.54, 1.807) is 6.92 Å². The predicted octanol–water partition coefficient (Wildman–Crippen LogP) is 2.25. The number of carbonyl (C=O) groups is 1. The molecule has 0 amide bonds. The molecular weight excluding hydrogens is 237 g/mol. The number of methoxy groups -OCH3 is 1. The van der Waals surface area contributed by atoms with Crippen LogP contribution in [-0.4, -0.2) is 19.2 Å². The van der Waals surface area contributed by atoms with E-state index < -0.39 is 17.3 Å². The van der Waals surface area contributed by atoms with Crippen LogP contribution in [0.4, 0.5) is 4.39 Å². The van der Waals surface area contributed by atoms with E-state index in [0.717, 1.165) is 0 Å². The van der Waals surface area contributed by atoms with Gasteiger partial charge in [-0.15, -0.1) is 0 Å². The lowest BCUT2D eigenvalue weighted by Crippen LogP contribution is -2.11. The van der Waals surface area contributed by atoms with Gasteiger partial charge in [0.2, 0.25) is 6.08 Å². The number of hydrogen-bond acceptors (Lipinski definition) is 4. The molecule has 2 rings (SSSR count). The fourth-order valence-electron chi connectivity index (χ4n) is 2.01. The first kappa shape index (κ1) is 12.5. The van der Waals surface area contributed by atoms with Crippen LogP contribution in [0.15, 0.2) is 17.1 Å². The van der Waals surface area contributed by atoms with Crippen molar-refractivity contribution in [2.45, 2.75) is 25.3 Å². The molecule has 0 radical (unpaired) electrons. The summed E-state index contributed by atoms with van der Waals surface area (Å²) >= 11 is 0. The van der Waals surface area contributed by atoms with Crippen LogP contribution in [0, 0.1) is 12.7 Å². The monoisotopic (exact) mass is 249 g/mol. The highest BCUT2D eigenvalue weighted by Gasteiger charge is 2.47. The molecule has 0 heterocycles. The van der Waals surface area contributed by atoms with Crippen molar-refractivity contribution in [3.63, 3.8) is 0 Å². The Morgan fingerprint density at radius 1 is 1.50 bits per heavy atom. The molecule has 0 aromatic heterocycles. The Labute approximate surface area is 103 Å². The topological polar surface area (TPSA) is 55.7 Å². The quantitative estimate of drug-likeness (QED) is 0.469. The second-order valence-electron chi connectivity index (χ2n) is 4.37. The zero-order chi connectivity index (χ0) is 13.3. The zero-order valence-electron chi connectivity index (χ0n) is 10.1. The number of aliphatic imine (C=N–C) groups is 1. The highest BCUT2D eigenvalue weighted by Crippen LogP contribution is 2.50. The highest BCUT2D eigenvalue weighted by molar-refractivity contribution is 5.91. The van der Waals surface area contributed by atoms with Gasteiger partial charge in [0, 0.05) is 5.56 Å². The fraction of sp³-hybridized carbons (Fsp3) is 0.385. The number of aryl methyl sites for hydroxylation is 1. The lowest BCUT2D eigenvalue weighted by atomic mass is 9.98. The first-order valence-corrected chi connectivity index (χ1v) is 5.52. The first-order chi connectivity index (χ1) is 8.54. The first-order valence-electron chi connectivity index (χ1n) is 5.52. The van der Waals surface area contributed by atoms with Crippen molar-refractivity contribution >= 4 is 12.0 Å². The average Bonchev–Trinajstić information content (AvgIpc) is 3.09. The highest BCUT2D eigenvalue weighted by atomic mass is 19.1. The molecule has 1 saturated carbocycles. The molecule has 18 heavy (non-hydrogen) atoms. The van der Waals surface area contributed by atoms with Crippen LogP contribution in [0.5, 0.6) is 0 Å². The SMILES string of the molecule is COC(=O)c1cc(C2(N=C=O)CC2)c(F)cc1C. The molecule has 5 heteroatoms. The Balaban J connectivity index is 2.55. The molecule has 94 valence electrons.